The number of nitrogens with one attached hydrogen (secondary N) is 2. The molecule has 0 unspecified atom stereocenters. The van der Waals surface area contributed by atoms with Crippen molar-refractivity contribution in [2.24, 2.45) is 0 Å². The quantitative estimate of drug-likeness (QED) is 0.505. The maximum Gasteiger partial charge on any atom is 0.313 e. The van der Waals surface area contributed by atoms with Crippen LogP contribution < -0.4 is 20.1 Å². The smallest absolute Gasteiger partial charge is 0.313 e. The average Bonchev–Trinajstić information content (AvgIpc) is 3.33. The number of hydrogen-bond donors (Lipinski definition) is 2. The van der Waals surface area contributed by atoms with E-state index in [2.05, 4.69) is 21.7 Å². The number of anilines is 1. The first-order valence-corrected chi connectivity index (χ1v) is 10.1. The molecular weight excluding hydrogens is 424 g/mol. The van der Waals surface area contributed by atoms with Crippen LogP contribution in [0.5, 0.6) is 11.5 Å². The van der Waals surface area contributed by atoms with Gasteiger partial charge in [-0.2, -0.15) is 5.26 Å². The third-order valence-electron chi connectivity index (χ3n) is 4.77. The topological polar surface area (TPSA) is 126 Å². The van der Waals surface area contributed by atoms with Crippen molar-refractivity contribution in [2.75, 3.05) is 19.0 Å². The summed E-state index contributed by atoms with van der Waals surface area (Å²) in [5, 5.41) is 14.2. The summed E-state index contributed by atoms with van der Waals surface area (Å²) < 4.78 is 16.3. The molecule has 0 aliphatic heterocycles. The molecule has 1 aromatic heterocycles. The van der Waals surface area contributed by atoms with Gasteiger partial charge < -0.3 is 24.5 Å². The van der Waals surface area contributed by atoms with Crippen molar-refractivity contribution in [1.29, 1.82) is 5.26 Å². The minimum absolute atomic E-state index is 0.296. The minimum atomic E-state index is -0.805. The van der Waals surface area contributed by atoms with Gasteiger partial charge in [0.1, 0.15) is 11.5 Å². The van der Waals surface area contributed by atoms with Crippen LogP contribution in [-0.2, 0) is 9.59 Å². The van der Waals surface area contributed by atoms with Crippen LogP contribution in [0, 0.1) is 11.3 Å². The number of nitriles is 1. The van der Waals surface area contributed by atoms with Gasteiger partial charge >= 0.3 is 11.8 Å². The van der Waals surface area contributed by atoms with Crippen LogP contribution in [-0.4, -0.2) is 36.1 Å². The molecule has 0 aliphatic rings. The first-order valence-electron chi connectivity index (χ1n) is 10.1. The van der Waals surface area contributed by atoms with Crippen molar-refractivity contribution >= 4 is 17.5 Å². The van der Waals surface area contributed by atoms with Gasteiger partial charge in [0.2, 0.25) is 0 Å². The van der Waals surface area contributed by atoms with Gasteiger partial charge in [-0.05, 0) is 44.2 Å². The first-order chi connectivity index (χ1) is 15.8. The fraction of sp³-hybridized carbons (Fsp3) is 0.250. The van der Waals surface area contributed by atoms with Gasteiger partial charge in [-0.25, -0.2) is 4.98 Å². The largest absolute Gasteiger partial charge is 0.496 e. The fourth-order valence-electron chi connectivity index (χ4n) is 3.02. The normalized spacial score (nSPS) is 10.7. The maximum atomic E-state index is 12.4. The molecule has 9 nitrogen and oxygen atoms in total. The van der Waals surface area contributed by atoms with E-state index in [-0.39, 0.29) is 0 Å². The third kappa shape index (κ3) is 6.33. The van der Waals surface area contributed by atoms with E-state index in [0.29, 0.717) is 47.1 Å². The lowest BCUT2D eigenvalue weighted by atomic mass is 10.0. The Balaban J connectivity index is 1.55. The number of benzene rings is 2. The predicted molar refractivity (Wildman–Crippen MR) is 121 cm³/mol. The second kappa shape index (κ2) is 10.3. The predicted octanol–water partition coefficient (Wildman–Crippen LogP) is 3.52. The Morgan fingerprint density at radius 1 is 1.18 bits per heavy atom. The second-order valence-electron chi connectivity index (χ2n) is 7.81. The molecule has 0 saturated carbocycles. The number of amides is 2. The van der Waals surface area contributed by atoms with Crippen LogP contribution in [0.25, 0.3) is 11.3 Å². The van der Waals surface area contributed by atoms with Crippen LogP contribution in [0.15, 0.2) is 59.5 Å². The zero-order chi connectivity index (χ0) is 23.8. The molecule has 0 aliphatic carbocycles. The first kappa shape index (κ1) is 23.3. The van der Waals surface area contributed by atoms with Gasteiger partial charge in [0.15, 0.2) is 12.2 Å². The summed E-state index contributed by atoms with van der Waals surface area (Å²) >= 11 is 0. The summed E-state index contributed by atoms with van der Waals surface area (Å²) in [6, 6.07) is 13.8. The summed E-state index contributed by atoms with van der Waals surface area (Å²) in [4.78, 5) is 28.7. The molecule has 0 saturated heterocycles. The molecule has 0 fully saturated rings. The molecule has 3 rings (SSSR count). The van der Waals surface area contributed by atoms with Crippen molar-refractivity contribution in [1.82, 2.24) is 10.3 Å². The Labute approximate surface area is 191 Å². The van der Waals surface area contributed by atoms with Crippen molar-refractivity contribution < 1.29 is 23.5 Å². The zero-order valence-corrected chi connectivity index (χ0v) is 18.5. The molecule has 9 heteroatoms. The van der Waals surface area contributed by atoms with Gasteiger partial charge in [0.05, 0.1) is 37.1 Å². The number of aromatic nitrogens is 1. The average molecular weight is 448 g/mol. The summed E-state index contributed by atoms with van der Waals surface area (Å²) in [5.41, 5.74) is 0.865. The highest BCUT2D eigenvalue weighted by atomic mass is 16.5. The molecule has 0 spiro atoms. The van der Waals surface area contributed by atoms with Crippen molar-refractivity contribution in [3.8, 4) is 28.9 Å². The molecule has 0 bridgehead atoms. The third-order valence-corrected chi connectivity index (χ3v) is 4.77. The summed E-state index contributed by atoms with van der Waals surface area (Å²) in [5.74, 6) is -0.0322. The molecule has 2 N–H and O–H groups in total. The Morgan fingerprint density at radius 2 is 2.00 bits per heavy atom. The maximum absolute atomic E-state index is 12.4. The van der Waals surface area contributed by atoms with Gasteiger partial charge in [0, 0.05) is 23.7 Å². The van der Waals surface area contributed by atoms with Gasteiger partial charge in [-0.1, -0.05) is 6.07 Å². The summed E-state index contributed by atoms with van der Waals surface area (Å²) in [6.45, 7) is 3.88. The van der Waals surface area contributed by atoms with E-state index in [1.165, 1.54) is 13.5 Å². The number of rotatable bonds is 8. The lowest BCUT2D eigenvalue weighted by Crippen LogP contribution is -2.48. The summed E-state index contributed by atoms with van der Waals surface area (Å²) in [6.07, 6.45) is 3.31. The van der Waals surface area contributed by atoms with Gasteiger partial charge in [-0.3, -0.25) is 9.59 Å². The minimum Gasteiger partial charge on any atom is -0.496 e. The number of ether oxygens (including phenoxy) is 2. The molecule has 0 atom stereocenters. The number of nitrogens with zero attached hydrogens (tertiary/aromatic N) is 2. The Morgan fingerprint density at radius 3 is 2.70 bits per heavy atom. The van der Waals surface area contributed by atoms with E-state index < -0.39 is 17.4 Å². The van der Waals surface area contributed by atoms with Crippen LogP contribution in [0.1, 0.15) is 25.8 Å². The molecule has 170 valence electrons. The fourth-order valence-corrected chi connectivity index (χ4v) is 3.02. The van der Waals surface area contributed by atoms with Crippen LogP contribution in [0.2, 0.25) is 0 Å². The number of carbonyl (C=O) groups excluding carboxylic acids is 2. The lowest BCUT2D eigenvalue weighted by Gasteiger charge is -2.26. The van der Waals surface area contributed by atoms with E-state index in [1.54, 1.807) is 62.5 Å². The van der Waals surface area contributed by atoms with Crippen molar-refractivity contribution in [3.05, 3.63) is 60.6 Å². The van der Waals surface area contributed by atoms with E-state index in [1.807, 2.05) is 0 Å². The van der Waals surface area contributed by atoms with Crippen molar-refractivity contribution in [3.63, 3.8) is 0 Å². The standard InChI is InChI=1S/C24H24N4O5/c1-24(2,9-10-32-18-6-4-5-16(11-18)13-25)28-23(30)22(29)27-17-7-8-19(20(12-17)31-3)21-14-26-15-33-21/h4-8,11-12,14-15H,9-10H2,1-3H3,(H,27,29)(H,28,30). The molecule has 2 amide bonds. The highest BCUT2D eigenvalue weighted by molar-refractivity contribution is 6.39. The highest BCUT2D eigenvalue weighted by Gasteiger charge is 2.25. The Bertz CT molecular complexity index is 1170. The number of methoxy groups -OCH3 is 1. The molecule has 2 aromatic carbocycles. The number of carbonyl (C=O) groups is 2. The Hall–Kier alpha value is -4.32. The number of oxazole rings is 1. The van der Waals surface area contributed by atoms with E-state index in [9.17, 15) is 9.59 Å². The molecule has 3 aromatic rings. The van der Waals surface area contributed by atoms with Gasteiger partial charge in [0.25, 0.3) is 0 Å². The SMILES string of the molecule is COc1cc(NC(=O)C(=O)NC(C)(C)CCOc2cccc(C#N)c2)ccc1-c1cnco1. The monoisotopic (exact) mass is 448 g/mol. The van der Waals surface area contributed by atoms with Crippen LogP contribution >= 0.6 is 0 Å². The van der Waals surface area contributed by atoms with Crippen LogP contribution in [0.4, 0.5) is 5.69 Å². The van der Waals surface area contributed by atoms with E-state index in [0.717, 1.165) is 0 Å². The molecule has 0 radical (unpaired) electrons. The molecular formula is C24H24N4O5. The van der Waals surface area contributed by atoms with E-state index >= 15 is 0 Å². The molecule has 1 heterocycles. The Kier molecular flexibility index (Phi) is 7.31. The lowest BCUT2D eigenvalue weighted by molar-refractivity contribution is -0.137. The van der Waals surface area contributed by atoms with Gasteiger partial charge in [-0.15, -0.1) is 0 Å². The van der Waals surface area contributed by atoms with Crippen molar-refractivity contribution in [2.45, 2.75) is 25.8 Å². The highest BCUT2D eigenvalue weighted by Crippen LogP contribution is 2.32. The number of hydrogen-bond acceptors (Lipinski definition) is 7. The second-order valence-corrected chi connectivity index (χ2v) is 7.81. The van der Waals surface area contributed by atoms with E-state index in [4.69, 9.17) is 19.2 Å². The zero-order valence-electron chi connectivity index (χ0n) is 18.5. The summed E-state index contributed by atoms with van der Waals surface area (Å²) in [7, 11) is 1.49. The molecule has 33 heavy (non-hydrogen) atoms. The van der Waals surface area contributed by atoms with Crippen LogP contribution in [0.3, 0.4) is 0 Å².